The predicted molar refractivity (Wildman–Crippen MR) is 83.8 cm³/mol. The fourth-order valence-corrected chi connectivity index (χ4v) is 3.19. The molecule has 7 nitrogen and oxygen atoms in total. The molecule has 0 spiro atoms. The molecule has 2 unspecified atom stereocenters. The summed E-state index contributed by atoms with van der Waals surface area (Å²) in [5, 5.41) is 12.9. The van der Waals surface area contributed by atoms with Gasteiger partial charge in [0.25, 0.3) is 0 Å². The molecule has 1 fully saturated rings. The Hall–Kier alpha value is -2.28. The Kier molecular flexibility index (Phi) is 3.44. The second kappa shape index (κ2) is 5.17. The molecule has 1 aliphatic rings. The van der Waals surface area contributed by atoms with Gasteiger partial charge in [-0.05, 0) is 25.0 Å². The van der Waals surface area contributed by atoms with E-state index >= 15 is 0 Å². The number of benzene rings is 1. The minimum Gasteiger partial charge on any atom is -0.386 e. The van der Waals surface area contributed by atoms with Crippen molar-refractivity contribution in [1.82, 2.24) is 14.0 Å². The van der Waals surface area contributed by atoms with E-state index in [1.165, 1.54) is 4.90 Å². The number of hydrogen-bond donors (Lipinski definition) is 2. The number of likely N-dealkylation sites (tertiary alicyclic amines) is 1. The van der Waals surface area contributed by atoms with E-state index in [1.54, 1.807) is 30.3 Å². The summed E-state index contributed by atoms with van der Waals surface area (Å²) in [6.07, 6.45) is 0.136. The smallest absolute Gasteiger partial charge is 0.329 e. The molecule has 1 aromatic heterocycles. The number of aliphatic hydroxyl groups excluding tert-OH is 1. The molecule has 1 aromatic carbocycles. The van der Waals surface area contributed by atoms with E-state index in [0.717, 1.165) is 16.7 Å². The van der Waals surface area contributed by atoms with Crippen molar-refractivity contribution in [3.8, 4) is 0 Å². The Balaban J connectivity index is 2.22. The van der Waals surface area contributed by atoms with Gasteiger partial charge in [0.05, 0.1) is 16.7 Å². The van der Waals surface area contributed by atoms with Crippen molar-refractivity contribution in [2.24, 2.45) is 7.05 Å². The number of piperidine rings is 1. The van der Waals surface area contributed by atoms with E-state index in [4.69, 9.17) is 0 Å². The normalized spacial score (nSPS) is 22.4. The van der Waals surface area contributed by atoms with Gasteiger partial charge < -0.3 is 15.3 Å². The lowest BCUT2D eigenvalue weighted by Gasteiger charge is -2.34. The van der Waals surface area contributed by atoms with Crippen LogP contribution in [0.5, 0.6) is 0 Å². The quantitative estimate of drug-likeness (QED) is 0.846. The zero-order valence-electron chi connectivity index (χ0n) is 12.9. The maximum atomic E-state index is 12.7. The van der Waals surface area contributed by atoms with Crippen LogP contribution in [0.2, 0.25) is 0 Å². The molecule has 2 aromatic rings. The topological polar surface area (TPSA) is 79.5 Å². The third-order valence-electron chi connectivity index (χ3n) is 4.46. The van der Waals surface area contributed by atoms with Crippen molar-refractivity contribution in [1.29, 1.82) is 0 Å². The molecule has 1 amide bonds. The van der Waals surface area contributed by atoms with Gasteiger partial charge in [-0.1, -0.05) is 6.07 Å². The van der Waals surface area contributed by atoms with E-state index < -0.39 is 12.3 Å². The average molecular weight is 304 g/mol. The van der Waals surface area contributed by atoms with Gasteiger partial charge in [0.15, 0.2) is 0 Å². The third kappa shape index (κ3) is 1.93. The number of aliphatic hydroxyl groups is 1. The first-order valence-corrected chi connectivity index (χ1v) is 7.29. The van der Waals surface area contributed by atoms with Crippen LogP contribution in [-0.2, 0) is 11.8 Å². The molecule has 7 heteroatoms. The Morgan fingerprint density at radius 3 is 2.64 bits per heavy atom. The molecule has 2 atom stereocenters. The maximum Gasteiger partial charge on any atom is 0.329 e. The zero-order chi connectivity index (χ0) is 16.0. The summed E-state index contributed by atoms with van der Waals surface area (Å²) >= 11 is 0. The number of likely N-dealkylation sites (N-methyl/N-ethyl adjacent to an activating group) is 1. The van der Waals surface area contributed by atoms with Crippen LogP contribution in [0, 0.1) is 0 Å². The van der Waals surface area contributed by atoms with E-state index in [0.29, 0.717) is 12.8 Å². The first-order valence-electron chi connectivity index (χ1n) is 7.29. The van der Waals surface area contributed by atoms with Gasteiger partial charge in [-0.3, -0.25) is 13.9 Å². The lowest BCUT2D eigenvalue weighted by atomic mass is 10.0. The van der Waals surface area contributed by atoms with Crippen molar-refractivity contribution in [2.75, 3.05) is 19.4 Å². The number of imidazole rings is 1. The van der Waals surface area contributed by atoms with Crippen LogP contribution in [0.25, 0.3) is 11.0 Å². The number of carbonyl (C=O) groups excluding carboxylic acids is 1. The van der Waals surface area contributed by atoms with Crippen LogP contribution in [0.15, 0.2) is 23.0 Å². The van der Waals surface area contributed by atoms with Crippen molar-refractivity contribution in [3.63, 3.8) is 0 Å². The standard InChI is InChI=1S/C15H20N4O3/c1-16-9-5-4-6-10-13(9)18(3)15(22)19(10)11-7-8-12(20)17(2)14(11)21/h4-6,11-12,16,20H,7-8H2,1-3H3. The second-order valence-corrected chi connectivity index (χ2v) is 5.66. The number of nitrogens with one attached hydrogen (secondary N) is 1. The Morgan fingerprint density at radius 2 is 1.95 bits per heavy atom. The fourth-order valence-electron chi connectivity index (χ4n) is 3.19. The Morgan fingerprint density at radius 1 is 1.23 bits per heavy atom. The molecule has 22 heavy (non-hydrogen) atoms. The molecule has 1 aliphatic heterocycles. The number of aryl methyl sites for hydroxylation is 1. The number of carbonyl (C=O) groups is 1. The van der Waals surface area contributed by atoms with Crippen LogP contribution in [0.4, 0.5) is 5.69 Å². The molecular weight excluding hydrogens is 284 g/mol. The van der Waals surface area contributed by atoms with Crippen molar-refractivity contribution in [2.45, 2.75) is 25.1 Å². The summed E-state index contributed by atoms with van der Waals surface area (Å²) in [4.78, 5) is 26.4. The highest BCUT2D eigenvalue weighted by Crippen LogP contribution is 2.29. The monoisotopic (exact) mass is 304 g/mol. The first kappa shape index (κ1) is 14.6. The highest BCUT2D eigenvalue weighted by atomic mass is 16.3. The van der Waals surface area contributed by atoms with Gasteiger partial charge in [0, 0.05) is 21.1 Å². The van der Waals surface area contributed by atoms with Gasteiger partial charge >= 0.3 is 5.69 Å². The number of hydrogen-bond acceptors (Lipinski definition) is 4. The number of amides is 1. The summed E-state index contributed by atoms with van der Waals surface area (Å²) < 4.78 is 3.10. The minimum absolute atomic E-state index is 0.221. The molecule has 2 heterocycles. The molecule has 0 radical (unpaired) electrons. The number of rotatable bonds is 2. The van der Waals surface area contributed by atoms with E-state index in [9.17, 15) is 14.7 Å². The lowest BCUT2D eigenvalue weighted by Crippen LogP contribution is -2.47. The number of para-hydroxylation sites is 1. The summed E-state index contributed by atoms with van der Waals surface area (Å²) in [6, 6.07) is 5.02. The van der Waals surface area contributed by atoms with Gasteiger partial charge in [-0.25, -0.2) is 4.79 Å². The molecule has 118 valence electrons. The molecule has 3 rings (SSSR count). The van der Waals surface area contributed by atoms with Gasteiger partial charge in [0.2, 0.25) is 5.91 Å². The maximum absolute atomic E-state index is 12.7. The van der Waals surface area contributed by atoms with Crippen molar-refractivity contribution < 1.29 is 9.90 Å². The highest BCUT2D eigenvalue weighted by Gasteiger charge is 2.35. The molecule has 1 saturated heterocycles. The molecule has 0 saturated carbocycles. The Labute approximate surface area is 127 Å². The molecular formula is C15H20N4O3. The first-order chi connectivity index (χ1) is 10.5. The van der Waals surface area contributed by atoms with Crippen LogP contribution in [0.3, 0.4) is 0 Å². The van der Waals surface area contributed by atoms with Gasteiger partial charge in [0.1, 0.15) is 12.3 Å². The average Bonchev–Trinajstić information content (AvgIpc) is 2.77. The predicted octanol–water partition coefficient (Wildman–Crippen LogP) is 0.493. The van der Waals surface area contributed by atoms with Crippen molar-refractivity contribution >= 4 is 22.6 Å². The summed E-state index contributed by atoms with van der Waals surface area (Å²) in [7, 11) is 5.06. The number of nitrogens with zero attached hydrogens (tertiary/aromatic N) is 3. The minimum atomic E-state index is -0.776. The Bertz CT molecular complexity index is 792. The molecule has 0 bridgehead atoms. The second-order valence-electron chi connectivity index (χ2n) is 5.66. The summed E-state index contributed by atoms with van der Waals surface area (Å²) in [5.74, 6) is -0.233. The van der Waals surface area contributed by atoms with E-state index in [1.807, 2.05) is 18.2 Å². The van der Waals surface area contributed by atoms with Gasteiger partial charge in [-0.2, -0.15) is 0 Å². The SMILES string of the molecule is CNc1cccc2c1n(C)c(=O)n2C1CCC(O)N(C)C1=O. The van der Waals surface area contributed by atoms with E-state index in [2.05, 4.69) is 5.32 Å². The van der Waals surface area contributed by atoms with E-state index in [-0.39, 0.29) is 11.6 Å². The van der Waals surface area contributed by atoms with Gasteiger partial charge in [-0.15, -0.1) is 0 Å². The molecule has 0 aliphatic carbocycles. The fraction of sp³-hybridized carbons (Fsp3) is 0.467. The number of anilines is 1. The van der Waals surface area contributed by atoms with Crippen LogP contribution >= 0.6 is 0 Å². The highest BCUT2D eigenvalue weighted by molar-refractivity contribution is 5.91. The van der Waals surface area contributed by atoms with Crippen LogP contribution < -0.4 is 11.0 Å². The largest absolute Gasteiger partial charge is 0.386 e. The summed E-state index contributed by atoms with van der Waals surface area (Å²) in [6.45, 7) is 0. The zero-order valence-corrected chi connectivity index (χ0v) is 12.9. The van der Waals surface area contributed by atoms with Crippen LogP contribution in [-0.4, -0.2) is 45.4 Å². The number of fused-ring (bicyclic) bond motifs is 1. The molecule has 2 N–H and O–H groups in total. The van der Waals surface area contributed by atoms with Crippen LogP contribution in [0.1, 0.15) is 18.9 Å². The lowest BCUT2D eigenvalue weighted by molar-refractivity contribution is -0.148. The number of aromatic nitrogens is 2. The third-order valence-corrected chi connectivity index (χ3v) is 4.46. The summed E-state index contributed by atoms with van der Waals surface area (Å²) in [5.41, 5.74) is 2.12. The van der Waals surface area contributed by atoms with Crippen molar-refractivity contribution in [3.05, 3.63) is 28.7 Å².